The number of carbonyl (C=O) groups excluding carboxylic acids is 1. The van der Waals surface area contributed by atoms with Gasteiger partial charge in [-0.3, -0.25) is 4.79 Å². The van der Waals surface area contributed by atoms with Gasteiger partial charge in [0, 0.05) is 11.1 Å². The summed E-state index contributed by atoms with van der Waals surface area (Å²) in [6.07, 6.45) is 0. The average molecular weight is 192 g/mol. The normalized spacial score (nSPS) is 24.2. The van der Waals surface area contributed by atoms with Crippen LogP contribution in [0.5, 0.6) is 5.75 Å². The van der Waals surface area contributed by atoms with E-state index < -0.39 is 5.60 Å². The molecule has 1 aromatic carbocycles. The van der Waals surface area contributed by atoms with Crippen LogP contribution in [0.25, 0.3) is 0 Å². The van der Waals surface area contributed by atoms with Crippen LogP contribution in [0.3, 0.4) is 0 Å². The number of rotatable bonds is 1. The van der Waals surface area contributed by atoms with Crippen LogP contribution < -0.4 is 4.74 Å². The van der Waals surface area contributed by atoms with Crippen molar-refractivity contribution in [3.8, 4) is 5.75 Å². The number of carbonyl (C=O) groups is 1. The molecule has 0 bridgehead atoms. The molecule has 0 saturated heterocycles. The van der Waals surface area contributed by atoms with E-state index >= 15 is 0 Å². The van der Waals surface area contributed by atoms with Crippen LogP contribution in [-0.2, 0) is 5.60 Å². The van der Waals surface area contributed by atoms with E-state index in [4.69, 9.17) is 4.74 Å². The molecule has 1 aromatic rings. The summed E-state index contributed by atoms with van der Waals surface area (Å²) in [5, 5.41) is 10.00. The lowest BCUT2D eigenvalue weighted by molar-refractivity contribution is 0.0342. The molecular weight excluding hydrogens is 180 g/mol. The van der Waals surface area contributed by atoms with Gasteiger partial charge < -0.3 is 9.84 Å². The first-order valence-electron chi connectivity index (χ1n) is 4.52. The molecule has 0 amide bonds. The number of hydrogen-bond acceptors (Lipinski definition) is 3. The van der Waals surface area contributed by atoms with Crippen molar-refractivity contribution in [3.05, 3.63) is 29.3 Å². The predicted octanol–water partition coefficient (Wildman–Crippen LogP) is 1.49. The van der Waals surface area contributed by atoms with Gasteiger partial charge in [0.05, 0.1) is 0 Å². The number of benzene rings is 1. The van der Waals surface area contributed by atoms with Crippen LogP contribution in [0.2, 0.25) is 0 Å². The Labute approximate surface area is 82.3 Å². The first-order chi connectivity index (χ1) is 6.52. The Morgan fingerprint density at radius 2 is 2.29 bits per heavy atom. The maximum Gasteiger partial charge on any atom is 0.160 e. The predicted molar refractivity (Wildman–Crippen MR) is 51.5 cm³/mol. The minimum Gasteiger partial charge on any atom is -0.490 e. The third kappa shape index (κ3) is 1.21. The SMILES string of the molecule is CC(=O)c1cccc2c1C(C)(O)CO2. The molecule has 1 N–H and O–H groups in total. The molecule has 1 heterocycles. The lowest BCUT2D eigenvalue weighted by Crippen LogP contribution is -2.24. The molecular formula is C11H12O3. The molecule has 0 radical (unpaired) electrons. The summed E-state index contributed by atoms with van der Waals surface area (Å²) < 4.78 is 5.30. The smallest absolute Gasteiger partial charge is 0.160 e. The molecule has 14 heavy (non-hydrogen) atoms. The van der Waals surface area contributed by atoms with Gasteiger partial charge in [-0.2, -0.15) is 0 Å². The number of Topliss-reactive ketones (excluding diaryl/α,β-unsaturated/α-hetero) is 1. The molecule has 3 heteroatoms. The molecule has 3 nitrogen and oxygen atoms in total. The number of hydrogen-bond donors (Lipinski definition) is 1. The van der Waals surface area contributed by atoms with Gasteiger partial charge in [0.25, 0.3) is 0 Å². The summed E-state index contributed by atoms with van der Waals surface area (Å²) in [5.74, 6) is 0.565. The molecule has 1 unspecified atom stereocenters. The third-order valence-corrected chi connectivity index (χ3v) is 2.45. The maximum atomic E-state index is 11.3. The summed E-state index contributed by atoms with van der Waals surface area (Å²) in [6.45, 7) is 3.36. The Morgan fingerprint density at radius 1 is 1.57 bits per heavy atom. The molecule has 1 aliphatic rings. The van der Waals surface area contributed by atoms with Gasteiger partial charge in [-0.25, -0.2) is 0 Å². The summed E-state index contributed by atoms with van der Waals surface area (Å²) in [7, 11) is 0. The standard InChI is InChI=1S/C11H12O3/c1-7(12)8-4-3-5-9-10(8)11(2,13)6-14-9/h3-5,13H,6H2,1-2H3. The monoisotopic (exact) mass is 192 g/mol. The van der Waals surface area contributed by atoms with Gasteiger partial charge in [0.15, 0.2) is 5.78 Å². The fourth-order valence-corrected chi connectivity index (χ4v) is 1.79. The van der Waals surface area contributed by atoms with Crippen molar-refractivity contribution in [2.75, 3.05) is 6.61 Å². The highest BCUT2D eigenvalue weighted by Gasteiger charge is 2.37. The topological polar surface area (TPSA) is 46.5 Å². The van der Waals surface area contributed by atoms with E-state index in [0.29, 0.717) is 16.9 Å². The summed E-state index contributed by atoms with van der Waals surface area (Å²) in [5.41, 5.74) is 0.120. The maximum absolute atomic E-state index is 11.3. The zero-order chi connectivity index (χ0) is 10.3. The van der Waals surface area contributed by atoms with Crippen molar-refractivity contribution in [1.82, 2.24) is 0 Å². The van der Waals surface area contributed by atoms with Crippen molar-refractivity contribution in [2.24, 2.45) is 0 Å². The second kappa shape index (κ2) is 2.82. The minimum atomic E-state index is -1.04. The lowest BCUT2D eigenvalue weighted by atomic mass is 9.92. The quantitative estimate of drug-likeness (QED) is 0.686. The minimum absolute atomic E-state index is 0.0485. The van der Waals surface area contributed by atoms with E-state index in [1.807, 2.05) is 0 Å². The van der Waals surface area contributed by atoms with Crippen molar-refractivity contribution in [2.45, 2.75) is 19.4 Å². The fourth-order valence-electron chi connectivity index (χ4n) is 1.79. The van der Waals surface area contributed by atoms with Crippen molar-refractivity contribution in [1.29, 1.82) is 0 Å². The Balaban J connectivity index is 2.66. The largest absolute Gasteiger partial charge is 0.490 e. The summed E-state index contributed by atoms with van der Waals surface area (Å²) >= 11 is 0. The van der Waals surface area contributed by atoms with E-state index in [9.17, 15) is 9.90 Å². The Hall–Kier alpha value is -1.35. The fraction of sp³-hybridized carbons (Fsp3) is 0.364. The highest BCUT2D eigenvalue weighted by molar-refractivity contribution is 5.96. The average Bonchev–Trinajstić information content (AvgIpc) is 2.43. The van der Waals surface area contributed by atoms with Crippen LogP contribution in [0, 0.1) is 0 Å². The van der Waals surface area contributed by atoms with Gasteiger partial charge in [0.2, 0.25) is 0 Å². The zero-order valence-corrected chi connectivity index (χ0v) is 8.20. The Bertz CT molecular complexity index is 394. The van der Waals surface area contributed by atoms with Crippen LogP contribution in [0.1, 0.15) is 29.8 Å². The Morgan fingerprint density at radius 3 is 2.93 bits per heavy atom. The lowest BCUT2D eigenvalue weighted by Gasteiger charge is -2.16. The molecule has 0 spiro atoms. The summed E-state index contributed by atoms with van der Waals surface area (Å²) in [6, 6.07) is 5.24. The molecule has 1 aliphatic heterocycles. The first kappa shape index (κ1) is 9.21. The van der Waals surface area contributed by atoms with E-state index in [-0.39, 0.29) is 12.4 Å². The number of fused-ring (bicyclic) bond motifs is 1. The molecule has 74 valence electrons. The molecule has 1 atom stereocenters. The highest BCUT2D eigenvalue weighted by Crippen LogP contribution is 2.39. The van der Waals surface area contributed by atoms with Crippen molar-refractivity contribution < 1.29 is 14.6 Å². The molecule has 0 aromatic heterocycles. The second-order valence-corrected chi connectivity index (χ2v) is 3.80. The molecule has 0 saturated carbocycles. The van der Waals surface area contributed by atoms with Gasteiger partial charge in [-0.1, -0.05) is 12.1 Å². The van der Waals surface area contributed by atoms with Crippen LogP contribution in [0.4, 0.5) is 0 Å². The van der Waals surface area contributed by atoms with Gasteiger partial charge in [-0.05, 0) is 19.9 Å². The van der Waals surface area contributed by atoms with Gasteiger partial charge >= 0.3 is 0 Å². The van der Waals surface area contributed by atoms with E-state index in [0.717, 1.165) is 0 Å². The van der Waals surface area contributed by atoms with Crippen LogP contribution >= 0.6 is 0 Å². The van der Waals surface area contributed by atoms with Gasteiger partial charge in [0.1, 0.15) is 18.0 Å². The Kier molecular flexibility index (Phi) is 1.86. The molecule has 0 aliphatic carbocycles. The van der Waals surface area contributed by atoms with Crippen molar-refractivity contribution in [3.63, 3.8) is 0 Å². The number of ether oxygens (including phenoxy) is 1. The highest BCUT2D eigenvalue weighted by atomic mass is 16.5. The van der Waals surface area contributed by atoms with E-state index in [1.165, 1.54) is 6.92 Å². The second-order valence-electron chi connectivity index (χ2n) is 3.80. The van der Waals surface area contributed by atoms with Crippen LogP contribution in [0.15, 0.2) is 18.2 Å². The molecule has 0 fully saturated rings. The molecule has 2 rings (SSSR count). The van der Waals surface area contributed by atoms with Gasteiger partial charge in [-0.15, -0.1) is 0 Å². The number of aliphatic hydroxyl groups is 1. The first-order valence-corrected chi connectivity index (χ1v) is 4.52. The van der Waals surface area contributed by atoms with E-state index in [1.54, 1.807) is 25.1 Å². The third-order valence-electron chi connectivity index (χ3n) is 2.45. The zero-order valence-electron chi connectivity index (χ0n) is 8.20. The van der Waals surface area contributed by atoms with Crippen LogP contribution in [-0.4, -0.2) is 17.5 Å². The van der Waals surface area contributed by atoms with Crippen molar-refractivity contribution >= 4 is 5.78 Å². The van der Waals surface area contributed by atoms with E-state index in [2.05, 4.69) is 0 Å². The summed E-state index contributed by atoms with van der Waals surface area (Å²) in [4.78, 5) is 11.3. The number of ketones is 1.